The molecule has 0 spiro atoms. The van der Waals surface area contributed by atoms with Crippen LogP contribution in [0.25, 0.3) is 0 Å². The Morgan fingerprint density at radius 3 is 1.75 bits per heavy atom. The molecule has 0 aliphatic carbocycles. The summed E-state index contributed by atoms with van der Waals surface area (Å²) in [6, 6.07) is 0. The summed E-state index contributed by atoms with van der Waals surface area (Å²) in [5, 5.41) is -0.610. The molecule has 0 aliphatic heterocycles. The predicted octanol–water partition coefficient (Wildman–Crippen LogP) is 3.72. The lowest BCUT2D eigenvalue weighted by Crippen LogP contribution is -2.38. The highest BCUT2D eigenvalue weighted by Gasteiger charge is 2.23. The van der Waals surface area contributed by atoms with Gasteiger partial charge in [0.1, 0.15) is 4.49 Å². The minimum Gasteiger partial charge on any atom is -0.298 e. The van der Waals surface area contributed by atoms with Crippen LogP contribution < -0.4 is 0 Å². The first-order valence-electron chi connectivity index (χ1n) is 3.27. The van der Waals surface area contributed by atoms with Crippen molar-refractivity contribution in [1.29, 1.82) is 0 Å². The van der Waals surface area contributed by atoms with E-state index >= 15 is 0 Å². The smallest absolute Gasteiger partial charge is 0.298 e. The fraction of sp³-hybridized carbons (Fsp3) is 0.571. The number of carbonyl (C=O) groups is 1. The van der Waals surface area contributed by atoms with Crippen LogP contribution in [-0.4, -0.2) is 15.8 Å². The molecule has 0 radical (unpaired) electrons. The van der Waals surface area contributed by atoms with Crippen LogP contribution in [0.1, 0.15) is 20.8 Å². The molecule has 5 heteroatoms. The SMILES string of the molecule is CC(C)(C)N(C=C(Cl)Cl)C(=O)Cl. The minimum absolute atomic E-state index is 0.000995. The van der Waals surface area contributed by atoms with Crippen molar-refractivity contribution in [2.24, 2.45) is 0 Å². The molecule has 0 unspecified atom stereocenters. The van der Waals surface area contributed by atoms with Gasteiger partial charge in [-0.1, -0.05) is 23.2 Å². The van der Waals surface area contributed by atoms with Gasteiger partial charge in [0, 0.05) is 11.7 Å². The van der Waals surface area contributed by atoms with Crippen molar-refractivity contribution >= 4 is 40.2 Å². The normalized spacial score (nSPS) is 10.8. The van der Waals surface area contributed by atoms with E-state index in [1.54, 1.807) is 0 Å². The van der Waals surface area contributed by atoms with Gasteiger partial charge in [-0.2, -0.15) is 0 Å². The van der Waals surface area contributed by atoms with Gasteiger partial charge in [0.2, 0.25) is 0 Å². The van der Waals surface area contributed by atoms with Gasteiger partial charge in [-0.25, -0.2) is 0 Å². The zero-order valence-corrected chi connectivity index (χ0v) is 9.33. The largest absolute Gasteiger partial charge is 0.320 e. The van der Waals surface area contributed by atoms with E-state index in [1.165, 1.54) is 11.1 Å². The lowest BCUT2D eigenvalue weighted by Gasteiger charge is -2.30. The second-order valence-electron chi connectivity index (χ2n) is 3.21. The van der Waals surface area contributed by atoms with Crippen LogP contribution in [0.2, 0.25) is 0 Å². The van der Waals surface area contributed by atoms with E-state index in [0.29, 0.717) is 0 Å². The Kier molecular flexibility index (Phi) is 4.38. The first-order chi connectivity index (χ1) is 5.25. The van der Waals surface area contributed by atoms with Crippen molar-refractivity contribution in [2.75, 3.05) is 0 Å². The second kappa shape index (κ2) is 4.35. The third-order valence-electron chi connectivity index (χ3n) is 1.14. The van der Waals surface area contributed by atoms with Gasteiger partial charge in [-0.05, 0) is 32.4 Å². The molecule has 0 fully saturated rings. The monoisotopic (exact) mass is 229 g/mol. The maximum atomic E-state index is 10.9. The van der Waals surface area contributed by atoms with Crippen molar-refractivity contribution in [3.8, 4) is 0 Å². The molecule has 0 bridgehead atoms. The highest BCUT2D eigenvalue weighted by Crippen LogP contribution is 2.20. The Bertz CT molecular complexity index is 203. The summed E-state index contributed by atoms with van der Waals surface area (Å²) in [5.74, 6) is 0. The van der Waals surface area contributed by atoms with E-state index in [4.69, 9.17) is 34.8 Å². The number of carbonyl (C=O) groups excluding carboxylic acids is 1. The van der Waals surface area contributed by atoms with Crippen molar-refractivity contribution in [1.82, 2.24) is 4.90 Å². The Labute approximate surface area is 87.1 Å². The lowest BCUT2D eigenvalue weighted by molar-refractivity contribution is 0.202. The summed E-state index contributed by atoms with van der Waals surface area (Å²) in [6.45, 7) is 5.46. The van der Waals surface area contributed by atoms with Crippen molar-refractivity contribution in [3.05, 3.63) is 10.7 Å². The summed E-state index contributed by atoms with van der Waals surface area (Å²) in [7, 11) is 0. The highest BCUT2D eigenvalue weighted by atomic mass is 35.5. The summed E-state index contributed by atoms with van der Waals surface area (Å²) >= 11 is 16.1. The van der Waals surface area contributed by atoms with Crippen molar-refractivity contribution in [2.45, 2.75) is 26.3 Å². The molecule has 0 aromatic rings. The van der Waals surface area contributed by atoms with Gasteiger partial charge < -0.3 is 0 Å². The maximum absolute atomic E-state index is 10.9. The molecule has 0 atom stereocenters. The van der Waals surface area contributed by atoms with Gasteiger partial charge in [-0.3, -0.25) is 9.69 Å². The van der Waals surface area contributed by atoms with Crippen LogP contribution in [-0.2, 0) is 0 Å². The topological polar surface area (TPSA) is 20.3 Å². The zero-order chi connectivity index (χ0) is 9.94. The summed E-state index contributed by atoms with van der Waals surface area (Å²) in [5.41, 5.74) is -0.423. The van der Waals surface area contributed by atoms with E-state index in [9.17, 15) is 4.79 Å². The molecule has 70 valence electrons. The number of halogens is 3. The van der Waals surface area contributed by atoms with Crippen molar-refractivity contribution in [3.63, 3.8) is 0 Å². The first-order valence-corrected chi connectivity index (χ1v) is 4.40. The average Bonchev–Trinajstić information content (AvgIpc) is 1.79. The summed E-state index contributed by atoms with van der Waals surface area (Å²) in [4.78, 5) is 12.1. The Morgan fingerprint density at radius 2 is 1.67 bits per heavy atom. The van der Waals surface area contributed by atoms with E-state index in [2.05, 4.69) is 0 Å². The maximum Gasteiger partial charge on any atom is 0.320 e. The van der Waals surface area contributed by atoms with E-state index in [-0.39, 0.29) is 4.49 Å². The summed E-state index contributed by atoms with van der Waals surface area (Å²) < 4.78 is -0.000995. The second-order valence-corrected chi connectivity index (χ2v) is 4.54. The molecule has 0 aromatic heterocycles. The Hall–Kier alpha value is 0.0800. The molecule has 2 nitrogen and oxygen atoms in total. The van der Waals surface area contributed by atoms with Crippen LogP contribution in [0.15, 0.2) is 10.7 Å². The summed E-state index contributed by atoms with van der Waals surface area (Å²) in [6.07, 6.45) is 1.29. The minimum atomic E-state index is -0.610. The molecule has 0 aliphatic rings. The molecule has 0 saturated heterocycles. The molecule has 0 aromatic carbocycles. The number of rotatable bonds is 1. The average molecular weight is 231 g/mol. The van der Waals surface area contributed by atoms with Crippen LogP contribution in [0.5, 0.6) is 0 Å². The molecular formula is C7H10Cl3NO. The van der Waals surface area contributed by atoms with E-state index in [0.717, 1.165) is 0 Å². The Balaban J connectivity index is 4.70. The number of nitrogens with zero attached hydrogens (tertiary/aromatic N) is 1. The third kappa shape index (κ3) is 4.19. The molecule has 0 rings (SSSR count). The molecule has 1 amide bonds. The number of amides is 1. The van der Waals surface area contributed by atoms with Crippen LogP contribution in [0.4, 0.5) is 4.79 Å². The third-order valence-corrected chi connectivity index (χ3v) is 1.52. The van der Waals surface area contributed by atoms with Gasteiger partial charge in [0.25, 0.3) is 0 Å². The Morgan fingerprint density at radius 1 is 1.25 bits per heavy atom. The fourth-order valence-corrected chi connectivity index (χ4v) is 1.10. The van der Waals surface area contributed by atoms with Gasteiger partial charge in [-0.15, -0.1) is 0 Å². The van der Waals surface area contributed by atoms with Crippen LogP contribution in [0, 0.1) is 0 Å². The number of hydrogen-bond donors (Lipinski definition) is 0. The van der Waals surface area contributed by atoms with E-state index in [1.807, 2.05) is 20.8 Å². The van der Waals surface area contributed by atoms with Gasteiger partial charge in [0.05, 0.1) is 0 Å². The van der Waals surface area contributed by atoms with Crippen LogP contribution >= 0.6 is 34.8 Å². The first kappa shape index (κ1) is 12.1. The fourth-order valence-electron chi connectivity index (χ4n) is 0.606. The molecule has 0 heterocycles. The quantitative estimate of drug-likeness (QED) is 0.497. The van der Waals surface area contributed by atoms with Gasteiger partial charge >= 0.3 is 5.37 Å². The standard InChI is InChI=1S/C7H10Cl3NO/c1-7(2,3)11(6(10)12)4-5(8)9/h4H,1-3H3. The zero-order valence-electron chi connectivity index (χ0n) is 7.07. The molecule has 0 saturated carbocycles. The lowest BCUT2D eigenvalue weighted by atomic mass is 10.1. The van der Waals surface area contributed by atoms with Crippen LogP contribution in [0.3, 0.4) is 0 Å². The van der Waals surface area contributed by atoms with Gasteiger partial charge in [0.15, 0.2) is 0 Å². The highest BCUT2D eigenvalue weighted by molar-refractivity contribution is 6.63. The van der Waals surface area contributed by atoms with E-state index < -0.39 is 10.9 Å². The predicted molar refractivity (Wildman–Crippen MR) is 52.6 cm³/mol. The molecule has 0 N–H and O–H groups in total. The molecular weight excluding hydrogens is 220 g/mol. The molecule has 12 heavy (non-hydrogen) atoms. The van der Waals surface area contributed by atoms with Crippen molar-refractivity contribution < 1.29 is 4.79 Å². The number of hydrogen-bond acceptors (Lipinski definition) is 1.